The highest BCUT2D eigenvalue weighted by Crippen LogP contribution is 2.20. The van der Waals surface area contributed by atoms with Crippen molar-refractivity contribution in [3.05, 3.63) is 34.3 Å². The Morgan fingerprint density at radius 1 is 1.31 bits per heavy atom. The van der Waals surface area contributed by atoms with Crippen LogP contribution < -0.4 is 0 Å². The van der Waals surface area contributed by atoms with Crippen LogP contribution in [-0.2, 0) is 11.2 Å². The van der Waals surface area contributed by atoms with Crippen molar-refractivity contribution < 1.29 is 4.79 Å². The van der Waals surface area contributed by atoms with Gasteiger partial charge in [-0.15, -0.1) is 0 Å². The molecule has 0 bridgehead atoms. The Labute approximate surface area is 87.3 Å². The van der Waals surface area contributed by atoms with Crippen molar-refractivity contribution in [1.29, 1.82) is 0 Å². The van der Waals surface area contributed by atoms with E-state index < -0.39 is 0 Å². The molecule has 0 N–H and O–H groups in total. The summed E-state index contributed by atoms with van der Waals surface area (Å²) in [6, 6.07) is 8.07. The van der Waals surface area contributed by atoms with Crippen LogP contribution in [0.15, 0.2) is 28.7 Å². The van der Waals surface area contributed by atoms with Gasteiger partial charge in [-0.3, -0.25) is 0 Å². The summed E-state index contributed by atoms with van der Waals surface area (Å²) in [5.41, 5.74) is 0.939. The number of hydrogen-bond donors (Lipinski definition) is 0. The molecule has 0 saturated heterocycles. The molecule has 0 aliphatic heterocycles. The number of benzene rings is 1. The first-order valence-electron chi connectivity index (χ1n) is 4.24. The number of aldehydes is 1. The maximum Gasteiger partial charge on any atom is 0.125 e. The summed E-state index contributed by atoms with van der Waals surface area (Å²) in [4.78, 5) is 10.7. The molecule has 2 heteroatoms. The molecule has 0 aromatic heterocycles. The minimum absolute atomic E-state index is 0.256. The third-order valence-corrected chi connectivity index (χ3v) is 2.42. The summed E-state index contributed by atoms with van der Waals surface area (Å²) in [6.45, 7) is 3.89. The summed E-state index contributed by atoms with van der Waals surface area (Å²) in [7, 11) is 0. The van der Waals surface area contributed by atoms with Gasteiger partial charge < -0.3 is 4.79 Å². The van der Waals surface area contributed by atoms with Gasteiger partial charge in [0.1, 0.15) is 6.29 Å². The summed E-state index contributed by atoms with van der Waals surface area (Å²) in [5.74, 6) is 0. The van der Waals surface area contributed by atoms with Crippen molar-refractivity contribution in [2.24, 2.45) is 5.41 Å². The maximum atomic E-state index is 10.7. The van der Waals surface area contributed by atoms with Crippen LogP contribution in [0.4, 0.5) is 0 Å². The Hall–Kier alpha value is -0.630. The van der Waals surface area contributed by atoms with E-state index in [1.54, 1.807) is 0 Å². The van der Waals surface area contributed by atoms with E-state index in [1.165, 1.54) is 5.56 Å². The molecule has 0 heterocycles. The van der Waals surface area contributed by atoms with Crippen LogP contribution in [0, 0.1) is 5.41 Å². The number of rotatable bonds is 3. The van der Waals surface area contributed by atoms with Crippen molar-refractivity contribution >= 4 is 22.2 Å². The molecule has 1 aromatic carbocycles. The third-order valence-electron chi connectivity index (χ3n) is 1.89. The van der Waals surface area contributed by atoms with Gasteiger partial charge in [0.25, 0.3) is 0 Å². The molecule has 0 atom stereocenters. The Morgan fingerprint density at radius 2 is 1.85 bits per heavy atom. The minimum atomic E-state index is -0.256. The SMILES string of the molecule is CC(C)(C=O)Cc1ccc(Br)cc1. The first-order valence-corrected chi connectivity index (χ1v) is 5.03. The second kappa shape index (κ2) is 4.05. The van der Waals surface area contributed by atoms with Crippen LogP contribution in [0.2, 0.25) is 0 Å². The fourth-order valence-electron chi connectivity index (χ4n) is 1.17. The normalized spacial score (nSPS) is 11.3. The zero-order chi connectivity index (χ0) is 9.90. The van der Waals surface area contributed by atoms with Crippen LogP contribution in [0.3, 0.4) is 0 Å². The average Bonchev–Trinajstić information content (AvgIpc) is 2.09. The molecule has 0 unspecified atom stereocenters. The number of halogens is 1. The van der Waals surface area contributed by atoms with Crippen molar-refractivity contribution in [1.82, 2.24) is 0 Å². The fraction of sp³-hybridized carbons (Fsp3) is 0.364. The molecule has 0 spiro atoms. The van der Waals surface area contributed by atoms with Crippen LogP contribution in [-0.4, -0.2) is 6.29 Å². The van der Waals surface area contributed by atoms with Crippen molar-refractivity contribution in [2.75, 3.05) is 0 Å². The van der Waals surface area contributed by atoms with Crippen molar-refractivity contribution in [3.63, 3.8) is 0 Å². The van der Waals surface area contributed by atoms with E-state index >= 15 is 0 Å². The molecule has 0 aliphatic carbocycles. The molecule has 13 heavy (non-hydrogen) atoms. The van der Waals surface area contributed by atoms with Gasteiger partial charge in [0.2, 0.25) is 0 Å². The lowest BCUT2D eigenvalue weighted by Crippen LogP contribution is -2.16. The number of carbonyl (C=O) groups is 1. The van der Waals surface area contributed by atoms with Gasteiger partial charge in [-0.05, 0) is 24.1 Å². The summed E-state index contributed by atoms with van der Waals surface area (Å²) in [6.07, 6.45) is 1.80. The summed E-state index contributed by atoms with van der Waals surface area (Å²) in [5, 5.41) is 0. The molecule has 0 radical (unpaired) electrons. The van der Waals surface area contributed by atoms with E-state index in [1.807, 2.05) is 38.1 Å². The molecule has 0 saturated carbocycles. The van der Waals surface area contributed by atoms with E-state index in [2.05, 4.69) is 15.9 Å². The minimum Gasteiger partial charge on any atom is -0.303 e. The molecule has 1 aromatic rings. The van der Waals surface area contributed by atoms with Gasteiger partial charge in [-0.1, -0.05) is 41.9 Å². The smallest absolute Gasteiger partial charge is 0.125 e. The molecule has 0 aliphatic rings. The summed E-state index contributed by atoms with van der Waals surface area (Å²) >= 11 is 3.37. The van der Waals surface area contributed by atoms with E-state index in [0.29, 0.717) is 0 Å². The van der Waals surface area contributed by atoms with Gasteiger partial charge in [0.15, 0.2) is 0 Å². The molecular formula is C11H13BrO. The van der Waals surface area contributed by atoms with E-state index in [4.69, 9.17) is 0 Å². The lowest BCUT2D eigenvalue weighted by molar-refractivity contribution is -0.114. The van der Waals surface area contributed by atoms with Gasteiger partial charge >= 0.3 is 0 Å². The average molecular weight is 241 g/mol. The van der Waals surface area contributed by atoms with E-state index in [-0.39, 0.29) is 5.41 Å². The van der Waals surface area contributed by atoms with Crippen LogP contribution in [0.5, 0.6) is 0 Å². The molecule has 1 rings (SSSR count). The second-order valence-electron chi connectivity index (χ2n) is 3.91. The third kappa shape index (κ3) is 3.31. The molecule has 1 nitrogen and oxygen atoms in total. The number of carbonyl (C=O) groups excluding carboxylic acids is 1. The van der Waals surface area contributed by atoms with Gasteiger partial charge in [0.05, 0.1) is 0 Å². The zero-order valence-corrected chi connectivity index (χ0v) is 9.47. The van der Waals surface area contributed by atoms with E-state index in [9.17, 15) is 4.79 Å². The Kier molecular flexibility index (Phi) is 3.26. The van der Waals surface area contributed by atoms with Gasteiger partial charge in [0, 0.05) is 9.89 Å². The van der Waals surface area contributed by atoms with E-state index in [0.717, 1.165) is 17.2 Å². The Balaban J connectivity index is 2.75. The van der Waals surface area contributed by atoms with Crippen molar-refractivity contribution in [3.8, 4) is 0 Å². The largest absolute Gasteiger partial charge is 0.303 e. The molecule has 70 valence electrons. The highest BCUT2D eigenvalue weighted by Gasteiger charge is 2.16. The summed E-state index contributed by atoms with van der Waals surface area (Å²) < 4.78 is 1.07. The maximum absolute atomic E-state index is 10.7. The molecule has 0 fully saturated rings. The first kappa shape index (κ1) is 10.5. The monoisotopic (exact) mass is 240 g/mol. The van der Waals surface area contributed by atoms with Gasteiger partial charge in [-0.2, -0.15) is 0 Å². The van der Waals surface area contributed by atoms with Crippen molar-refractivity contribution in [2.45, 2.75) is 20.3 Å². The molecular weight excluding hydrogens is 228 g/mol. The quantitative estimate of drug-likeness (QED) is 0.742. The van der Waals surface area contributed by atoms with Gasteiger partial charge in [-0.25, -0.2) is 0 Å². The highest BCUT2D eigenvalue weighted by molar-refractivity contribution is 9.10. The number of hydrogen-bond acceptors (Lipinski definition) is 1. The standard InChI is InChI=1S/C11H13BrO/c1-11(2,8-13)7-9-3-5-10(12)6-4-9/h3-6,8H,7H2,1-2H3. The second-order valence-corrected chi connectivity index (χ2v) is 4.83. The lowest BCUT2D eigenvalue weighted by Gasteiger charge is -2.16. The highest BCUT2D eigenvalue weighted by atomic mass is 79.9. The lowest BCUT2D eigenvalue weighted by atomic mass is 9.87. The topological polar surface area (TPSA) is 17.1 Å². The van der Waals surface area contributed by atoms with Crippen LogP contribution in [0.1, 0.15) is 19.4 Å². The predicted octanol–water partition coefficient (Wildman–Crippen LogP) is 3.22. The first-order chi connectivity index (χ1) is 6.03. The Morgan fingerprint density at radius 3 is 2.31 bits per heavy atom. The fourth-order valence-corrected chi connectivity index (χ4v) is 1.43. The molecule has 0 amide bonds. The zero-order valence-electron chi connectivity index (χ0n) is 7.88. The predicted molar refractivity (Wildman–Crippen MR) is 57.7 cm³/mol. The van der Waals surface area contributed by atoms with Crippen LogP contribution >= 0.6 is 15.9 Å². The Bertz CT molecular complexity index is 287. The van der Waals surface area contributed by atoms with Crippen LogP contribution in [0.25, 0.3) is 0 Å².